The van der Waals surface area contributed by atoms with Crippen LogP contribution in [0.15, 0.2) is 42.6 Å². The van der Waals surface area contributed by atoms with Crippen LogP contribution in [0.4, 0.5) is 17.5 Å². The molecule has 0 spiro atoms. The number of carbonyl (C=O) groups is 1. The Morgan fingerprint density at radius 1 is 1.09 bits per heavy atom. The summed E-state index contributed by atoms with van der Waals surface area (Å²) in [7, 11) is 2.21. The Labute approximate surface area is 259 Å². The Hall–Kier alpha value is -4.16. The molecule has 234 valence electrons. The first-order chi connectivity index (χ1) is 21.0. The smallest absolute Gasteiger partial charge is 0.256 e. The normalized spacial score (nSPS) is 17.6. The summed E-state index contributed by atoms with van der Waals surface area (Å²) in [6.07, 6.45) is 7.27. The minimum atomic E-state index is -0.374. The van der Waals surface area contributed by atoms with Gasteiger partial charge >= 0.3 is 0 Å². The molecule has 0 radical (unpaired) electrons. The molecule has 0 saturated carbocycles. The summed E-state index contributed by atoms with van der Waals surface area (Å²) in [5, 5.41) is 14.2. The zero-order valence-corrected chi connectivity index (χ0v) is 26.5. The third kappa shape index (κ3) is 7.67. The number of hydrogen-bond acceptors (Lipinski definition) is 11. The second-order valence-electron chi connectivity index (χ2n) is 13.0. The monoisotopic (exact) mass is 599 g/mol. The van der Waals surface area contributed by atoms with Crippen molar-refractivity contribution in [2.75, 3.05) is 63.1 Å². The molecule has 1 aromatic carbocycles. The molecular formula is C32H45N11O. The molecule has 0 aliphatic carbocycles. The number of amides is 1. The number of aromatic nitrogens is 4. The van der Waals surface area contributed by atoms with Gasteiger partial charge in [0.1, 0.15) is 23.2 Å². The molecule has 2 fully saturated rings. The lowest BCUT2D eigenvalue weighted by atomic mass is 9.90. The highest BCUT2D eigenvalue weighted by atomic mass is 16.1. The predicted octanol–water partition coefficient (Wildman–Crippen LogP) is 3.53. The number of nitrogens with two attached hydrogens (primary N) is 1. The van der Waals surface area contributed by atoms with Gasteiger partial charge in [0.05, 0.1) is 6.20 Å². The molecule has 4 heterocycles. The lowest BCUT2D eigenvalue weighted by Gasteiger charge is -2.38. The van der Waals surface area contributed by atoms with E-state index in [1.165, 1.54) is 44.9 Å². The number of carbonyl (C=O) groups excluding carboxylic acids is 1. The van der Waals surface area contributed by atoms with Gasteiger partial charge in [-0.25, -0.2) is 19.9 Å². The molecule has 12 heteroatoms. The van der Waals surface area contributed by atoms with Gasteiger partial charge in [-0.05, 0) is 69.6 Å². The van der Waals surface area contributed by atoms with Crippen molar-refractivity contribution in [3.8, 4) is 0 Å². The number of anilines is 3. The zero-order valence-electron chi connectivity index (χ0n) is 26.5. The van der Waals surface area contributed by atoms with Gasteiger partial charge < -0.3 is 31.6 Å². The van der Waals surface area contributed by atoms with Crippen molar-refractivity contribution in [2.45, 2.75) is 40.5 Å². The number of aryl methyl sites for hydroxylation is 1. The molecule has 2 aliphatic heterocycles. The fraction of sp³-hybridized carbons (Fsp3) is 0.500. The average Bonchev–Trinajstić information content (AvgIpc) is 2.99. The minimum Gasteiger partial charge on any atom is -0.385 e. The fourth-order valence-electron chi connectivity index (χ4n) is 5.47. The van der Waals surface area contributed by atoms with Gasteiger partial charge in [-0.15, -0.1) is 0 Å². The van der Waals surface area contributed by atoms with Gasteiger partial charge in [0.2, 0.25) is 5.95 Å². The van der Waals surface area contributed by atoms with E-state index >= 15 is 0 Å². The number of likely N-dealkylation sites (tertiary alicyclic amines) is 1. The Balaban J connectivity index is 1.28. The van der Waals surface area contributed by atoms with Crippen LogP contribution in [0.25, 0.3) is 11.0 Å². The summed E-state index contributed by atoms with van der Waals surface area (Å²) in [6.45, 7) is 15.0. The van der Waals surface area contributed by atoms with Gasteiger partial charge in [-0.3, -0.25) is 9.69 Å². The number of nitrogens with one attached hydrogen (secondary N) is 3. The lowest BCUT2D eigenvalue weighted by molar-refractivity contribution is 0.0965. The summed E-state index contributed by atoms with van der Waals surface area (Å²) in [4.78, 5) is 38.6. The molecule has 12 nitrogen and oxygen atoms in total. The predicted molar refractivity (Wildman–Crippen MR) is 175 cm³/mol. The minimum absolute atomic E-state index is 0.124. The standard InChI is InChI=1S/C32H45N11O/c1-21-6-7-23(30(44)39-27(34)17-26(33)32(2,3)4)16-24(21)38-29-28-25(36-20-37-29)18-35-31(40-28)43-14-12-42(13-15-43)19-22-8-10-41(5)11-9-22/h6-7,16-18,20,22,33H,8-15,19,34H2,1-5H3,(H,39,44)(H,36,37,38)/b27-17+,33-26?. The number of benzene rings is 1. The van der Waals surface area contributed by atoms with Gasteiger partial charge in [0, 0.05) is 55.1 Å². The van der Waals surface area contributed by atoms with E-state index in [1.807, 2.05) is 33.8 Å². The van der Waals surface area contributed by atoms with E-state index in [-0.39, 0.29) is 17.1 Å². The van der Waals surface area contributed by atoms with Crippen molar-refractivity contribution in [3.63, 3.8) is 0 Å². The van der Waals surface area contributed by atoms with Crippen molar-refractivity contribution >= 4 is 40.1 Å². The first-order valence-corrected chi connectivity index (χ1v) is 15.3. The second kappa shape index (κ2) is 13.2. The van der Waals surface area contributed by atoms with Crippen molar-refractivity contribution < 1.29 is 4.79 Å². The number of piperazine rings is 1. The number of nitrogens with zero attached hydrogens (tertiary/aromatic N) is 7. The van der Waals surface area contributed by atoms with E-state index in [4.69, 9.17) is 16.1 Å². The van der Waals surface area contributed by atoms with Crippen LogP contribution in [0.5, 0.6) is 0 Å². The van der Waals surface area contributed by atoms with Crippen LogP contribution < -0.4 is 21.3 Å². The zero-order chi connectivity index (χ0) is 31.4. The molecule has 2 saturated heterocycles. The van der Waals surface area contributed by atoms with Crippen LogP contribution in [-0.2, 0) is 0 Å². The fourth-order valence-corrected chi connectivity index (χ4v) is 5.47. The number of allylic oxidation sites excluding steroid dienone is 1. The largest absolute Gasteiger partial charge is 0.385 e. The van der Waals surface area contributed by atoms with Crippen LogP contribution in [0.1, 0.15) is 49.5 Å². The third-order valence-electron chi connectivity index (χ3n) is 8.49. The topological polar surface area (TPSA) is 152 Å². The van der Waals surface area contributed by atoms with E-state index in [9.17, 15) is 4.79 Å². The Bertz CT molecular complexity index is 1530. The molecule has 5 N–H and O–H groups in total. The van der Waals surface area contributed by atoms with Crippen molar-refractivity contribution in [3.05, 3.63) is 53.7 Å². The molecule has 1 amide bonds. The van der Waals surface area contributed by atoms with Crippen molar-refractivity contribution in [2.24, 2.45) is 17.1 Å². The SMILES string of the molecule is Cc1ccc(C(=O)N/C(N)=C/C(=N)C(C)(C)C)cc1Nc1ncnc2cnc(N3CCN(CC4CCN(C)CC4)CC3)nc12. The molecule has 3 aromatic rings. The Morgan fingerprint density at radius 3 is 2.52 bits per heavy atom. The summed E-state index contributed by atoms with van der Waals surface area (Å²) in [5.74, 6) is 1.75. The number of hydrogen-bond donors (Lipinski definition) is 4. The number of fused-ring (bicyclic) bond motifs is 1. The molecule has 0 bridgehead atoms. The first-order valence-electron chi connectivity index (χ1n) is 15.3. The summed E-state index contributed by atoms with van der Waals surface area (Å²) >= 11 is 0. The summed E-state index contributed by atoms with van der Waals surface area (Å²) in [5.41, 5.74) is 9.30. The second-order valence-corrected chi connectivity index (χ2v) is 13.0. The van der Waals surface area contributed by atoms with Crippen molar-refractivity contribution in [1.82, 2.24) is 35.1 Å². The number of rotatable bonds is 8. The van der Waals surface area contributed by atoms with Crippen LogP contribution in [-0.4, -0.2) is 94.2 Å². The summed E-state index contributed by atoms with van der Waals surface area (Å²) < 4.78 is 0. The Kier molecular flexibility index (Phi) is 9.40. The van der Waals surface area contributed by atoms with Crippen LogP contribution in [0.2, 0.25) is 0 Å². The average molecular weight is 600 g/mol. The van der Waals surface area contributed by atoms with Crippen LogP contribution >= 0.6 is 0 Å². The maximum atomic E-state index is 13.0. The van der Waals surface area contributed by atoms with Crippen LogP contribution in [0, 0.1) is 23.7 Å². The molecule has 2 aromatic heterocycles. The van der Waals surface area contributed by atoms with Crippen LogP contribution in [0.3, 0.4) is 0 Å². The molecule has 0 atom stereocenters. The lowest BCUT2D eigenvalue weighted by Crippen LogP contribution is -2.49. The molecule has 2 aliphatic rings. The highest BCUT2D eigenvalue weighted by Crippen LogP contribution is 2.26. The highest BCUT2D eigenvalue weighted by Gasteiger charge is 2.24. The first kappa shape index (κ1) is 31.3. The van der Waals surface area contributed by atoms with Gasteiger partial charge in [0.15, 0.2) is 5.82 Å². The quantitative estimate of drug-likeness (QED) is 0.283. The van der Waals surface area contributed by atoms with E-state index in [0.29, 0.717) is 39.8 Å². The molecule has 0 unspecified atom stereocenters. The molecule has 44 heavy (non-hydrogen) atoms. The van der Waals surface area contributed by atoms with Gasteiger partial charge in [0.25, 0.3) is 5.91 Å². The van der Waals surface area contributed by atoms with E-state index in [0.717, 1.165) is 37.7 Å². The van der Waals surface area contributed by atoms with E-state index in [2.05, 4.69) is 47.3 Å². The Morgan fingerprint density at radius 2 is 1.82 bits per heavy atom. The van der Waals surface area contributed by atoms with Gasteiger partial charge in [-0.2, -0.15) is 0 Å². The van der Waals surface area contributed by atoms with E-state index in [1.54, 1.807) is 18.3 Å². The highest BCUT2D eigenvalue weighted by molar-refractivity contribution is 6.00. The number of piperidine rings is 1. The van der Waals surface area contributed by atoms with Gasteiger partial charge in [-0.1, -0.05) is 26.8 Å². The maximum Gasteiger partial charge on any atom is 0.256 e. The summed E-state index contributed by atoms with van der Waals surface area (Å²) in [6, 6.07) is 5.36. The maximum absolute atomic E-state index is 13.0. The third-order valence-corrected chi connectivity index (χ3v) is 8.49. The van der Waals surface area contributed by atoms with E-state index < -0.39 is 0 Å². The van der Waals surface area contributed by atoms with Crippen molar-refractivity contribution in [1.29, 1.82) is 5.41 Å². The molecule has 5 rings (SSSR count). The molecular weight excluding hydrogens is 554 g/mol.